The number of rotatable bonds is 11. The zero-order valence-electron chi connectivity index (χ0n) is 22.6. The molecule has 2 aromatic rings. The van der Waals surface area contributed by atoms with Crippen molar-refractivity contribution < 1.29 is 39.0 Å². The summed E-state index contributed by atoms with van der Waals surface area (Å²) >= 11 is 1.00. The number of primary amides is 1. The van der Waals surface area contributed by atoms with Crippen LogP contribution in [0.2, 0.25) is 0 Å². The molecular formula is C27H30N6O8S. The van der Waals surface area contributed by atoms with Crippen LogP contribution in [0.1, 0.15) is 31.0 Å². The predicted molar refractivity (Wildman–Crippen MR) is 149 cm³/mol. The Balaban J connectivity index is 1.62. The molecule has 0 saturated carbocycles. The Hall–Kier alpha value is -4.79. The lowest BCUT2D eigenvalue weighted by molar-refractivity contribution is -0.171. The number of thioether (sulfide) groups is 1. The van der Waals surface area contributed by atoms with Gasteiger partial charge in [-0.25, -0.2) is 9.59 Å². The Morgan fingerprint density at radius 2 is 1.69 bits per heavy atom. The average Bonchev–Trinajstić information content (AvgIpc) is 3.14. The molecule has 14 nitrogen and oxygen atoms in total. The second kappa shape index (κ2) is 11.6. The van der Waals surface area contributed by atoms with E-state index in [1.807, 2.05) is 0 Å². The maximum Gasteiger partial charge on any atom is 0.327 e. The van der Waals surface area contributed by atoms with Gasteiger partial charge in [-0.15, -0.1) is 11.8 Å². The number of carboxylic acid groups (broad SMARTS) is 1. The van der Waals surface area contributed by atoms with E-state index in [0.717, 1.165) is 16.7 Å². The molecule has 15 heteroatoms. The van der Waals surface area contributed by atoms with Gasteiger partial charge in [0.2, 0.25) is 18.2 Å². The standard InChI is InChI=1S/C27H30N6O8S/c1-26(2)20(24(39)40)33-23(38)19(27(33,42-26)29-13-34)32-22(37)18(15-8-10-16(35)11-9-15)31-21(36)17(30-25(28)41)12-14-6-4-3-5-7-14/h3-11,13,17-20,35H,12H2,1-2H3,(H,29,34)(H,31,36)(H,32,37)(H,39,40)(H3,28,30,41)/t17?,18?,19-,20+,27?/m1/s1. The molecule has 4 rings (SSSR count). The summed E-state index contributed by atoms with van der Waals surface area (Å²) in [6.07, 6.45) is 0.360. The Labute approximate surface area is 244 Å². The third kappa shape index (κ3) is 5.68. The number of phenols is 1. The molecule has 0 bridgehead atoms. The quantitative estimate of drug-likeness (QED) is 0.131. The number of benzene rings is 2. The molecule has 8 N–H and O–H groups in total. The van der Waals surface area contributed by atoms with Gasteiger partial charge in [0.15, 0.2) is 11.0 Å². The first kappa shape index (κ1) is 30.2. The molecule has 2 aliphatic heterocycles. The van der Waals surface area contributed by atoms with E-state index in [1.165, 1.54) is 24.3 Å². The number of carbonyl (C=O) groups is 6. The molecule has 0 aromatic heterocycles. The van der Waals surface area contributed by atoms with Crippen LogP contribution >= 0.6 is 11.8 Å². The van der Waals surface area contributed by atoms with Crippen LogP contribution in [-0.2, 0) is 30.4 Å². The molecule has 2 aliphatic rings. The van der Waals surface area contributed by atoms with Crippen LogP contribution in [0.4, 0.5) is 4.79 Å². The number of carbonyl (C=O) groups excluding carboxylic acids is 5. The highest BCUT2D eigenvalue weighted by atomic mass is 32.2. The summed E-state index contributed by atoms with van der Waals surface area (Å²) in [6.45, 7) is 3.21. The van der Waals surface area contributed by atoms with E-state index in [0.29, 0.717) is 12.0 Å². The first-order valence-corrected chi connectivity index (χ1v) is 13.6. The van der Waals surface area contributed by atoms with Crippen LogP contribution in [0, 0.1) is 0 Å². The molecule has 222 valence electrons. The third-order valence-corrected chi connectivity index (χ3v) is 8.66. The smallest absolute Gasteiger partial charge is 0.327 e. The van der Waals surface area contributed by atoms with Crippen LogP contribution in [0.3, 0.4) is 0 Å². The predicted octanol–water partition coefficient (Wildman–Crippen LogP) is -0.465. The number of nitrogens with two attached hydrogens (primary N) is 1. The van der Waals surface area contributed by atoms with Crippen LogP contribution in [0.15, 0.2) is 54.6 Å². The minimum Gasteiger partial charge on any atom is -0.508 e. The summed E-state index contributed by atoms with van der Waals surface area (Å²) < 4.78 is -1.04. The van der Waals surface area contributed by atoms with Gasteiger partial charge in [0, 0.05) is 11.2 Å². The SMILES string of the molecule is CC1(C)SC2(NC=O)[C@H](NC(=O)C(NC(=O)C(Cc3ccccc3)NC(N)=O)c3ccc(O)cc3)C(=O)N2[C@H]1C(=O)O. The highest BCUT2D eigenvalue weighted by molar-refractivity contribution is 8.02. The van der Waals surface area contributed by atoms with Crippen molar-refractivity contribution in [2.24, 2.45) is 5.73 Å². The van der Waals surface area contributed by atoms with Crippen LogP contribution in [0.5, 0.6) is 5.75 Å². The Morgan fingerprint density at radius 3 is 2.26 bits per heavy atom. The number of phenolic OH excluding ortho intramolecular Hbond substituents is 1. The minimum absolute atomic E-state index is 0.0459. The molecule has 2 saturated heterocycles. The van der Waals surface area contributed by atoms with Crippen molar-refractivity contribution in [2.75, 3.05) is 0 Å². The van der Waals surface area contributed by atoms with E-state index in [4.69, 9.17) is 5.73 Å². The molecule has 2 aromatic carbocycles. The number of nitrogens with one attached hydrogen (secondary N) is 4. The molecular weight excluding hydrogens is 568 g/mol. The van der Waals surface area contributed by atoms with Gasteiger partial charge in [0.05, 0.1) is 0 Å². The van der Waals surface area contributed by atoms with E-state index in [1.54, 1.807) is 44.2 Å². The Kier molecular flexibility index (Phi) is 8.33. The van der Waals surface area contributed by atoms with Gasteiger partial charge < -0.3 is 37.2 Å². The maximum absolute atomic E-state index is 13.7. The summed E-state index contributed by atoms with van der Waals surface area (Å²) in [5, 5.41) is 29.6. The van der Waals surface area contributed by atoms with Crippen LogP contribution in [0.25, 0.3) is 0 Å². The van der Waals surface area contributed by atoms with Crippen molar-refractivity contribution in [3.05, 3.63) is 65.7 Å². The molecule has 0 aliphatic carbocycles. The molecule has 42 heavy (non-hydrogen) atoms. The molecule has 2 fully saturated rings. The number of fused-ring (bicyclic) bond motifs is 1. The van der Waals surface area contributed by atoms with Gasteiger partial charge in [-0.1, -0.05) is 42.5 Å². The highest BCUT2D eigenvalue weighted by Crippen LogP contribution is 2.56. The van der Waals surface area contributed by atoms with Gasteiger partial charge in [-0.05, 0) is 37.1 Å². The molecule has 0 spiro atoms. The number of amides is 6. The summed E-state index contributed by atoms with van der Waals surface area (Å²) in [5.41, 5.74) is 6.22. The average molecular weight is 599 g/mol. The number of carboxylic acids is 1. The van der Waals surface area contributed by atoms with Crippen molar-refractivity contribution in [1.82, 2.24) is 26.2 Å². The molecule has 2 heterocycles. The molecule has 0 radical (unpaired) electrons. The normalized spacial score (nSPS) is 23.4. The van der Waals surface area contributed by atoms with E-state index in [-0.39, 0.29) is 17.7 Å². The van der Waals surface area contributed by atoms with Gasteiger partial charge in [-0.2, -0.15) is 0 Å². The molecule has 6 amide bonds. The summed E-state index contributed by atoms with van der Waals surface area (Å²) in [6, 6.07) is 7.89. The summed E-state index contributed by atoms with van der Waals surface area (Å²) in [7, 11) is 0. The number of aliphatic carboxylic acids is 1. The number of β-lactam (4-membered cyclic amide) rings is 1. The van der Waals surface area contributed by atoms with Gasteiger partial charge in [-0.3, -0.25) is 24.1 Å². The zero-order chi connectivity index (χ0) is 30.8. The number of hydrogen-bond donors (Lipinski definition) is 7. The largest absolute Gasteiger partial charge is 0.508 e. The number of nitrogens with zero attached hydrogens (tertiary/aromatic N) is 1. The van der Waals surface area contributed by atoms with E-state index >= 15 is 0 Å². The highest BCUT2D eigenvalue weighted by Gasteiger charge is 2.74. The maximum atomic E-state index is 13.7. The fraction of sp³-hybridized carbons (Fsp3) is 0.333. The topological polar surface area (TPSA) is 220 Å². The number of aromatic hydroxyl groups is 1. The van der Waals surface area contributed by atoms with E-state index in [2.05, 4.69) is 21.3 Å². The summed E-state index contributed by atoms with van der Waals surface area (Å²) in [5.74, 6) is -3.76. The van der Waals surface area contributed by atoms with Crippen molar-refractivity contribution in [1.29, 1.82) is 0 Å². The first-order chi connectivity index (χ1) is 19.8. The van der Waals surface area contributed by atoms with Crippen molar-refractivity contribution in [3.63, 3.8) is 0 Å². The first-order valence-electron chi connectivity index (χ1n) is 12.8. The second-order valence-corrected chi connectivity index (χ2v) is 12.2. The zero-order valence-corrected chi connectivity index (χ0v) is 23.4. The van der Waals surface area contributed by atoms with Crippen molar-refractivity contribution >= 4 is 47.9 Å². The summed E-state index contributed by atoms with van der Waals surface area (Å²) in [4.78, 5) is 75.0. The molecule has 3 unspecified atom stereocenters. The Morgan fingerprint density at radius 1 is 1.05 bits per heavy atom. The van der Waals surface area contributed by atoms with Gasteiger partial charge >= 0.3 is 12.0 Å². The lowest BCUT2D eigenvalue weighted by Gasteiger charge is -2.52. The number of hydrogen-bond acceptors (Lipinski definition) is 8. The fourth-order valence-corrected chi connectivity index (χ4v) is 7.04. The van der Waals surface area contributed by atoms with E-state index < -0.39 is 63.6 Å². The van der Waals surface area contributed by atoms with Crippen LogP contribution < -0.4 is 27.0 Å². The van der Waals surface area contributed by atoms with Gasteiger partial charge in [0.1, 0.15) is 23.9 Å². The number of urea groups is 1. The van der Waals surface area contributed by atoms with Gasteiger partial charge in [0.25, 0.3) is 5.91 Å². The minimum atomic E-state index is -1.59. The Bertz CT molecular complexity index is 1410. The lowest BCUT2D eigenvalue weighted by atomic mass is 9.92. The second-order valence-electron chi connectivity index (χ2n) is 10.3. The monoisotopic (exact) mass is 598 g/mol. The fourth-order valence-electron chi connectivity index (χ4n) is 5.24. The lowest BCUT2D eigenvalue weighted by Crippen LogP contribution is -2.82. The molecule has 5 atom stereocenters. The third-order valence-electron chi connectivity index (χ3n) is 7.05. The van der Waals surface area contributed by atoms with E-state index in [9.17, 15) is 39.0 Å². The van der Waals surface area contributed by atoms with Crippen molar-refractivity contribution in [2.45, 2.75) is 54.2 Å². The van der Waals surface area contributed by atoms with Crippen molar-refractivity contribution in [3.8, 4) is 5.75 Å². The van der Waals surface area contributed by atoms with Crippen LogP contribution in [-0.4, -0.2) is 79.1 Å².